The van der Waals surface area contributed by atoms with E-state index in [0.29, 0.717) is 18.0 Å². The van der Waals surface area contributed by atoms with Crippen LogP contribution in [0.2, 0.25) is 0 Å². The summed E-state index contributed by atoms with van der Waals surface area (Å²) in [6, 6.07) is 11.5. The summed E-state index contributed by atoms with van der Waals surface area (Å²) in [7, 11) is 3.33. The van der Waals surface area contributed by atoms with E-state index in [1.165, 1.54) is 16.2 Å². The van der Waals surface area contributed by atoms with Crippen molar-refractivity contribution in [3.05, 3.63) is 45.1 Å². The first-order chi connectivity index (χ1) is 13.0. The normalized spacial score (nSPS) is 14.2. The molecule has 1 aromatic carbocycles. The molecule has 2 aromatic rings. The Morgan fingerprint density at radius 1 is 1.15 bits per heavy atom. The Hall–Kier alpha value is -2.06. The highest BCUT2D eigenvalue weighted by Crippen LogP contribution is 2.28. The van der Waals surface area contributed by atoms with Crippen LogP contribution in [0, 0.1) is 0 Å². The molecule has 3 rings (SSSR count). The van der Waals surface area contributed by atoms with Crippen molar-refractivity contribution >= 4 is 44.8 Å². The van der Waals surface area contributed by atoms with Gasteiger partial charge < -0.3 is 19.4 Å². The summed E-state index contributed by atoms with van der Waals surface area (Å²) < 4.78 is 6.33. The second-order valence-corrected chi connectivity index (χ2v) is 8.77. The molecule has 0 radical (unpaired) electrons. The Bertz CT molecular complexity index is 818. The molecular weight excluding hydrogens is 430 g/mol. The number of methoxy groups -OCH3 is 1. The fourth-order valence-corrected chi connectivity index (χ4v) is 4.46. The van der Waals surface area contributed by atoms with Gasteiger partial charge >= 0.3 is 0 Å². The van der Waals surface area contributed by atoms with Crippen LogP contribution in [0.1, 0.15) is 9.67 Å². The standard InChI is InChI=1S/C19H22BrN3O3S/c1-21(19(25)16-7-8-17(20)27-16)13-18(24)23-11-9-22(10-12-23)14-5-3-4-6-15(14)26-2/h3-8H,9-13H2,1-2H3. The largest absolute Gasteiger partial charge is 0.495 e. The second kappa shape index (κ2) is 8.75. The molecular formula is C19H22BrN3O3S. The summed E-state index contributed by atoms with van der Waals surface area (Å²) >= 11 is 4.73. The van der Waals surface area contributed by atoms with E-state index in [-0.39, 0.29) is 18.4 Å². The zero-order valence-corrected chi connectivity index (χ0v) is 17.8. The maximum Gasteiger partial charge on any atom is 0.264 e. The van der Waals surface area contributed by atoms with Crippen molar-refractivity contribution in [3.8, 4) is 5.75 Å². The minimum Gasteiger partial charge on any atom is -0.495 e. The monoisotopic (exact) mass is 451 g/mol. The molecule has 0 aliphatic carbocycles. The number of carbonyl (C=O) groups excluding carboxylic acids is 2. The fraction of sp³-hybridized carbons (Fsp3) is 0.368. The van der Waals surface area contributed by atoms with Crippen LogP contribution >= 0.6 is 27.3 Å². The number of hydrogen-bond donors (Lipinski definition) is 0. The third-order valence-electron chi connectivity index (χ3n) is 4.56. The average molecular weight is 452 g/mol. The van der Waals surface area contributed by atoms with E-state index < -0.39 is 0 Å². The number of nitrogens with zero attached hydrogens (tertiary/aromatic N) is 3. The first-order valence-electron chi connectivity index (χ1n) is 8.66. The Labute approximate surface area is 171 Å². The molecule has 2 amide bonds. The second-order valence-electron chi connectivity index (χ2n) is 6.30. The predicted molar refractivity (Wildman–Crippen MR) is 111 cm³/mol. The van der Waals surface area contributed by atoms with Crippen LogP contribution in [0.25, 0.3) is 0 Å². The van der Waals surface area contributed by atoms with Gasteiger partial charge in [0.05, 0.1) is 28.0 Å². The Balaban J connectivity index is 1.54. The van der Waals surface area contributed by atoms with Crippen molar-refractivity contribution in [2.24, 2.45) is 0 Å². The number of hydrogen-bond acceptors (Lipinski definition) is 5. The SMILES string of the molecule is COc1ccccc1N1CCN(C(=O)CN(C)C(=O)c2ccc(Br)s2)CC1. The number of ether oxygens (including phenoxy) is 1. The average Bonchev–Trinajstić information content (AvgIpc) is 3.13. The van der Waals surface area contributed by atoms with Gasteiger partial charge in [-0.25, -0.2) is 0 Å². The van der Waals surface area contributed by atoms with Crippen molar-refractivity contribution in [1.29, 1.82) is 0 Å². The fourth-order valence-electron chi connectivity index (χ4n) is 3.08. The highest BCUT2D eigenvalue weighted by molar-refractivity contribution is 9.11. The van der Waals surface area contributed by atoms with Gasteiger partial charge in [0.25, 0.3) is 5.91 Å². The minimum absolute atomic E-state index is 0.0267. The molecule has 1 aromatic heterocycles. The lowest BCUT2D eigenvalue weighted by molar-refractivity contribution is -0.131. The van der Waals surface area contributed by atoms with Crippen LogP contribution in [0.15, 0.2) is 40.2 Å². The number of amides is 2. The number of benzene rings is 1. The van der Waals surface area contributed by atoms with Crippen molar-refractivity contribution in [2.45, 2.75) is 0 Å². The number of anilines is 1. The number of piperazine rings is 1. The molecule has 2 heterocycles. The molecule has 144 valence electrons. The highest BCUT2D eigenvalue weighted by Gasteiger charge is 2.25. The first kappa shape index (κ1) is 19.7. The molecule has 8 heteroatoms. The van der Waals surface area contributed by atoms with E-state index in [0.717, 1.165) is 28.3 Å². The van der Waals surface area contributed by atoms with E-state index in [1.807, 2.05) is 35.2 Å². The van der Waals surface area contributed by atoms with Gasteiger partial charge in [-0.05, 0) is 40.2 Å². The summed E-state index contributed by atoms with van der Waals surface area (Å²) in [6.07, 6.45) is 0. The van der Waals surface area contributed by atoms with Crippen molar-refractivity contribution in [1.82, 2.24) is 9.80 Å². The zero-order chi connectivity index (χ0) is 19.4. The molecule has 6 nitrogen and oxygen atoms in total. The molecule has 0 atom stereocenters. The van der Waals surface area contributed by atoms with E-state index in [4.69, 9.17) is 4.74 Å². The molecule has 1 aliphatic heterocycles. The predicted octanol–water partition coefficient (Wildman–Crippen LogP) is 2.94. The first-order valence-corrected chi connectivity index (χ1v) is 10.3. The number of carbonyl (C=O) groups is 2. The molecule has 1 saturated heterocycles. The highest BCUT2D eigenvalue weighted by atomic mass is 79.9. The minimum atomic E-state index is -0.133. The van der Waals surface area contributed by atoms with Gasteiger partial charge in [0.1, 0.15) is 5.75 Å². The van der Waals surface area contributed by atoms with Gasteiger partial charge in [-0.2, -0.15) is 0 Å². The van der Waals surface area contributed by atoms with Crippen LogP contribution in [0.3, 0.4) is 0 Å². The zero-order valence-electron chi connectivity index (χ0n) is 15.4. The van der Waals surface area contributed by atoms with Gasteiger partial charge in [0, 0.05) is 33.2 Å². The third kappa shape index (κ3) is 4.62. The summed E-state index contributed by atoms with van der Waals surface area (Å²) in [5.41, 5.74) is 1.04. The van der Waals surface area contributed by atoms with Gasteiger partial charge in [0.15, 0.2) is 0 Å². The van der Waals surface area contributed by atoms with Crippen LogP contribution < -0.4 is 9.64 Å². The maximum atomic E-state index is 12.6. The molecule has 1 aliphatic rings. The van der Waals surface area contributed by atoms with Gasteiger partial charge in [-0.3, -0.25) is 9.59 Å². The van der Waals surface area contributed by atoms with Gasteiger partial charge in [-0.15, -0.1) is 11.3 Å². The van der Waals surface area contributed by atoms with E-state index in [1.54, 1.807) is 20.2 Å². The molecule has 27 heavy (non-hydrogen) atoms. The quantitative estimate of drug-likeness (QED) is 0.700. The smallest absolute Gasteiger partial charge is 0.264 e. The van der Waals surface area contributed by atoms with E-state index in [2.05, 4.69) is 20.8 Å². The number of rotatable bonds is 5. The number of likely N-dealkylation sites (N-methyl/N-ethyl adjacent to an activating group) is 1. The summed E-state index contributed by atoms with van der Waals surface area (Å²) in [5.74, 6) is 0.678. The summed E-state index contributed by atoms with van der Waals surface area (Å²) in [4.78, 5) is 31.2. The lowest BCUT2D eigenvalue weighted by Gasteiger charge is -2.37. The Morgan fingerprint density at radius 3 is 2.48 bits per heavy atom. The van der Waals surface area contributed by atoms with Crippen molar-refractivity contribution in [3.63, 3.8) is 0 Å². The van der Waals surface area contributed by atoms with Gasteiger partial charge in [-0.1, -0.05) is 12.1 Å². The molecule has 0 saturated carbocycles. The Kier molecular flexibility index (Phi) is 6.38. The molecule has 0 unspecified atom stereocenters. The topological polar surface area (TPSA) is 53.1 Å². The van der Waals surface area contributed by atoms with Crippen LogP contribution in [-0.4, -0.2) is 68.5 Å². The third-order valence-corrected chi connectivity index (χ3v) is 6.17. The maximum absolute atomic E-state index is 12.6. The van der Waals surface area contributed by atoms with Crippen molar-refractivity contribution in [2.75, 3.05) is 51.8 Å². The number of para-hydroxylation sites is 2. The molecule has 0 bridgehead atoms. The molecule has 0 N–H and O–H groups in total. The summed E-state index contributed by atoms with van der Waals surface area (Å²) in [5, 5.41) is 0. The molecule has 0 spiro atoms. The molecule has 1 fully saturated rings. The number of thiophene rings is 1. The van der Waals surface area contributed by atoms with E-state index >= 15 is 0 Å². The Morgan fingerprint density at radius 2 is 1.85 bits per heavy atom. The van der Waals surface area contributed by atoms with Gasteiger partial charge in [0.2, 0.25) is 5.91 Å². The lowest BCUT2D eigenvalue weighted by atomic mass is 10.2. The van der Waals surface area contributed by atoms with Crippen molar-refractivity contribution < 1.29 is 14.3 Å². The van der Waals surface area contributed by atoms with Crippen LogP contribution in [-0.2, 0) is 4.79 Å². The van der Waals surface area contributed by atoms with Crippen LogP contribution in [0.5, 0.6) is 5.75 Å². The summed E-state index contributed by atoms with van der Waals surface area (Å²) in [6.45, 7) is 2.82. The van der Waals surface area contributed by atoms with E-state index in [9.17, 15) is 9.59 Å². The van der Waals surface area contributed by atoms with Crippen LogP contribution in [0.4, 0.5) is 5.69 Å². The number of halogens is 1. The lowest BCUT2D eigenvalue weighted by Crippen LogP contribution is -2.51.